The van der Waals surface area contributed by atoms with Crippen LogP contribution >= 0.6 is 0 Å². The summed E-state index contributed by atoms with van der Waals surface area (Å²) < 4.78 is 1.64. The minimum absolute atomic E-state index is 0.0198. The molecule has 1 saturated heterocycles. The highest BCUT2D eigenvalue weighted by atomic mass is 16.2. The van der Waals surface area contributed by atoms with Crippen LogP contribution in [0, 0.1) is 5.41 Å². The van der Waals surface area contributed by atoms with Crippen LogP contribution in [0.2, 0.25) is 0 Å². The number of rotatable bonds is 4. The molecular formula is C15H23N3O2. The molecule has 0 aromatic carbocycles. The van der Waals surface area contributed by atoms with Crippen LogP contribution < -0.4 is 16.2 Å². The first-order valence-electron chi connectivity index (χ1n) is 7.28. The van der Waals surface area contributed by atoms with Crippen LogP contribution in [0.4, 0.5) is 5.69 Å². The highest BCUT2D eigenvalue weighted by molar-refractivity contribution is 5.95. The Morgan fingerprint density at radius 1 is 1.50 bits per heavy atom. The van der Waals surface area contributed by atoms with Gasteiger partial charge in [0.2, 0.25) is 5.91 Å². The molecule has 1 aromatic heterocycles. The smallest absolute Gasteiger partial charge is 0.250 e. The second kappa shape index (κ2) is 6.22. The van der Waals surface area contributed by atoms with Crippen LogP contribution in [0.1, 0.15) is 33.1 Å². The van der Waals surface area contributed by atoms with Crippen molar-refractivity contribution in [3.63, 3.8) is 0 Å². The molecule has 20 heavy (non-hydrogen) atoms. The summed E-state index contributed by atoms with van der Waals surface area (Å²) in [5.41, 5.74) is 0.287. The van der Waals surface area contributed by atoms with Crippen molar-refractivity contribution in [3.05, 3.63) is 28.7 Å². The molecule has 0 radical (unpaired) electrons. The molecule has 2 rings (SSSR count). The van der Waals surface area contributed by atoms with Crippen LogP contribution in [0.5, 0.6) is 0 Å². The molecule has 0 aliphatic carbocycles. The van der Waals surface area contributed by atoms with E-state index < -0.39 is 0 Å². The van der Waals surface area contributed by atoms with Crippen molar-refractivity contribution in [2.24, 2.45) is 5.41 Å². The van der Waals surface area contributed by atoms with E-state index in [4.69, 9.17) is 0 Å². The normalized spacial score (nSPS) is 22.5. The number of hydrogen-bond donors (Lipinski definition) is 2. The number of aromatic nitrogens is 1. The fraction of sp³-hybridized carbons (Fsp3) is 0.600. The van der Waals surface area contributed by atoms with Gasteiger partial charge >= 0.3 is 0 Å². The number of hydrogen-bond acceptors (Lipinski definition) is 3. The Morgan fingerprint density at radius 3 is 2.95 bits per heavy atom. The van der Waals surface area contributed by atoms with Crippen molar-refractivity contribution in [2.75, 3.05) is 18.4 Å². The number of nitrogens with zero attached hydrogens (tertiary/aromatic N) is 1. The number of amides is 1. The molecule has 1 amide bonds. The lowest BCUT2D eigenvalue weighted by atomic mass is 9.82. The maximum Gasteiger partial charge on any atom is 0.250 e. The number of aryl methyl sites for hydroxylation is 1. The third kappa shape index (κ3) is 3.28. The standard InChI is InChI=1S/C15H23N3O2/c1-3-9-18-10-12(5-6-13(18)19)17-14(20)15(2)7-4-8-16-11-15/h5-6,10,16H,3-4,7-9,11H2,1-2H3,(H,17,20). The summed E-state index contributed by atoms with van der Waals surface area (Å²) in [5.74, 6) is 0.0198. The van der Waals surface area contributed by atoms with Crippen LogP contribution in [0.15, 0.2) is 23.1 Å². The van der Waals surface area contributed by atoms with Gasteiger partial charge in [0.05, 0.1) is 11.1 Å². The van der Waals surface area contributed by atoms with Gasteiger partial charge in [-0.1, -0.05) is 6.92 Å². The first kappa shape index (κ1) is 14.8. The number of nitrogens with one attached hydrogen (secondary N) is 2. The zero-order valence-corrected chi connectivity index (χ0v) is 12.2. The average molecular weight is 277 g/mol. The van der Waals surface area contributed by atoms with E-state index in [0.717, 1.165) is 25.8 Å². The molecular weight excluding hydrogens is 254 g/mol. The van der Waals surface area contributed by atoms with Crippen LogP contribution in [-0.2, 0) is 11.3 Å². The SMILES string of the molecule is CCCn1cc(NC(=O)C2(C)CCCNC2)ccc1=O. The molecule has 1 fully saturated rings. The van der Waals surface area contributed by atoms with Gasteiger partial charge < -0.3 is 15.2 Å². The van der Waals surface area contributed by atoms with Gasteiger partial charge in [-0.25, -0.2) is 0 Å². The molecule has 1 unspecified atom stereocenters. The van der Waals surface area contributed by atoms with E-state index in [1.807, 2.05) is 13.8 Å². The first-order valence-corrected chi connectivity index (χ1v) is 7.28. The third-order valence-corrected chi connectivity index (χ3v) is 3.85. The Morgan fingerprint density at radius 2 is 2.30 bits per heavy atom. The topological polar surface area (TPSA) is 63.1 Å². The second-order valence-corrected chi connectivity index (χ2v) is 5.74. The lowest BCUT2D eigenvalue weighted by molar-refractivity contribution is -0.125. The summed E-state index contributed by atoms with van der Waals surface area (Å²) in [6, 6.07) is 3.18. The number of anilines is 1. The summed E-state index contributed by atoms with van der Waals surface area (Å²) in [6.45, 7) is 6.35. The van der Waals surface area contributed by atoms with E-state index >= 15 is 0 Å². The Kier molecular flexibility index (Phi) is 4.60. The van der Waals surface area contributed by atoms with Crippen molar-refractivity contribution in [3.8, 4) is 0 Å². The number of carbonyl (C=O) groups excluding carboxylic acids is 1. The summed E-state index contributed by atoms with van der Waals surface area (Å²) in [5, 5.41) is 6.21. The van der Waals surface area contributed by atoms with Gasteiger partial charge in [-0.2, -0.15) is 0 Å². The van der Waals surface area contributed by atoms with Crippen molar-refractivity contribution < 1.29 is 4.79 Å². The summed E-state index contributed by atoms with van der Waals surface area (Å²) in [4.78, 5) is 24.1. The zero-order chi connectivity index (χ0) is 14.6. The molecule has 5 heteroatoms. The largest absolute Gasteiger partial charge is 0.324 e. The van der Waals surface area contributed by atoms with E-state index in [1.54, 1.807) is 16.8 Å². The predicted octanol–water partition coefficient (Wildman–Crippen LogP) is 1.59. The molecule has 2 heterocycles. The zero-order valence-electron chi connectivity index (χ0n) is 12.2. The van der Waals surface area contributed by atoms with Gasteiger partial charge in [-0.15, -0.1) is 0 Å². The molecule has 1 aromatic rings. The maximum absolute atomic E-state index is 12.4. The molecule has 0 spiro atoms. The van der Waals surface area contributed by atoms with Gasteiger partial charge in [-0.05, 0) is 38.8 Å². The van der Waals surface area contributed by atoms with Crippen molar-refractivity contribution in [1.82, 2.24) is 9.88 Å². The number of pyridine rings is 1. The first-order chi connectivity index (χ1) is 9.55. The highest BCUT2D eigenvalue weighted by Crippen LogP contribution is 2.27. The summed E-state index contributed by atoms with van der Waals surface area (Å²) >= 11 is 0. The Labute approximate surface area is 119 Å². The fourth-order valence-corrected chi connectivity index (χ4v) is 2.55. The monoisotopic (exact) mass is 277 g/mol. The maximum atomic E-state index is 12.4. The lowest BCUT2D eigenvalue weighted by Crippen LogP contribution is -2.46. The average Bonchev–Trinajstić information content (AvgIpc) is 2.43. The third-order valence-electron chi connectivity index (χ3n) is 3.85. The molecule has 1 aliphatic heterocycles. The number of carbonyl (C=O) groups is 1. The highest BCUT2D eigenvalue weighted by Gasteiger charge is 2.34. The molecule has 0 bridgehead atoms. The van der Waals surface area contributed by atoms with E-state index in [2.05, 4.69) is 10.6 Å². The van der Waals surface area contributed by atoms with Gasteiger partial charge in [0.25, 0.3) is 5.56 Å². The Balaban J connectivity index is 2.11. The second-order valence-electron chi connectivity index (χ2n) is 5.74. The van der Waals surface area contributed by atoms with E-state index in [1.165, 1.54) is 6.07 Å². The van der Waals surface area contributed by atoms with Crippen LogP contribution in [0.3, 0.4) is 0 Å². The molecule has 2 N–H and O–H groups in total. The van der Waals surface area contributed by atoms with Crippen molar-refractivity contribution in [2.45, 2.75) is 39.7 Å². The fourth-order valence-electron chi connectivity index (χ4n) is 2.55. The van der Waals surface area contributed by atoms with E-state index in [0.29, 0.717) is 18.8 Å². The molecule has 0 saturated carbocycles. The minimum atomic E-state index is -0.371. The predicted molar refractivity (Wildman–Crippen MR) is 79.8 cm³/mol. The van der Waals surface area contributed by atoms with Crippen molar-refractivity contribution in [1.29, 1.82) is 0 Å². The lowest BCUT2D eigenvalue weighted by Gasteiger charge is -2.32. The molecule has 1 atom stereocenters. The van der Waals surface area contributed by atoms with E-state index in [9.17, 15) is 9.59 Å². The van der Waals surface area contributed by atoms with Crippen LogP contribution in [-0.4, -0.2) is 23.6 Å². The van der Waals surface area contributed by atoms with E-state index in [-0.39, 0.29) is 16.9 Å². The van der Waals surface area contributed by atoms with Gasteiger partial charge in [0, 0.05) is 25.4 Å². The van der Waals surface area contributed by atoms with Crippen molar-refractivity contribution >= 4 is 11.6 Å². The Bertz CT molecular complexity index is 530. The van der Waals surface area contributed by atoms with Gasteiger partial charge in [-0.3, -0.25) is 9.59 Å². The quantitative estimate of drug-likeness (QED) is 0.878. The molecule has 5 nitrogen and oxygen atoms in total. The van der Waals surface area contributed by atoms with Gasteiger partial charge in [0.15, 0.2) is 0 Å². The molecule has 110 valence electrons. The Hall–Kier alpha value is -1.62. The summed E-state index contributed by atoms with van der Waals surface area (Å²) in [6.07, 6.45) is 4.52. The van der Waals surface area contributed by atoms with Gasteiger partial charge in [0.1, 0.15) is 0 Å². The minimum Gasteiger partial charge on any atom is -0.324 e. The summed E-state index contributed by atoms with van der Waals surface area (Å²) in [7, 11) is 0. The molecule has 1 aliphatic rings. The number of piperidine rings is 1. The van der Waals surface area contributed by atoms with Crippen LogP contribution in [0.25, 0.3) is 0 Å².